The first-order valence-electron chi connectivity index (χ1n) is 11.5. The van der Waals surface area contributed by atoms with E-state index in [1.807, 2.05) is 55.5 Å². The Morgan fingerprint density at radius 2 is 1.86 bits per heavy atom. The van der Waals surface area contributed by atoms with E-state index in [1.54, 1.807) is 36.2 Å². The molecule has 0 radical (unpaired) electrons. The molecule has 37 heavy (non-hydrogen) atoms. The average molecular weight is 580 g/mol. The number of hydrogen-bond donors (Lipinski definition) is 1. The molecule has 0 aliphatic carbocycles. The maximum absolute atomic E-state index is 13.4. The molecular formula is C28H23BrFN3O3S. The van der Waals surface area contributed by atoms with Crippen LogP contribution in [0.25, 0.3) is 16.6 Å². The van der Waals surface area contributed by atoms with Crippen molar-refractivity contribution in [1.29, 1.82) is 0 Å². The van der Waals surface area contributed by atoms with E-state index < -0.39 is 6.10 Å². The van der Waals surface area contributed by atoms with Crippen LogP contribution in [0.5, 0.6) is 11.5 Å². The maximum Gasteiger partial charge on any atom is 0.261 e. The lowest BCUT2D eigenvalue weighted by molar-refractivity contribution is 0.0886. The van der Waals surface area contributed by atoms with Crippen molar-refractivity contribution in [3.8, 4) is 17.2 Å². The molecule has 0 spiro atoms. The van der Waals surface area contributed by atoms with Gasteiger partial charge in [0.15, 0.2) is 0 Å². The van der Waals surface area contributed by atoms with E-state index in [0.29, 0.717) is 16.4 Å². The molecule has 2 aromatic heterocycles. The van der Waals surface area contributed by atoms with Crippen molar-refractivity contribution in [2.24, 2.45) is 0 Å². The van der Waals surface area contributed by atoms with E-state index in [9.17, 15) is 9.18 Å². The van der Waals surface area contributed by atoms with Gasteiger partial charge in [-0.05, 0) is 95.1 Å². The number of rotatable bonds is 8. The van der Waals surface area contributed by atoms with Crippen molar-refractivity contribution in [3.05, 3.63) is 105 Å². The van der Waals surface area contributed by atoms with E-state index in [2.05, 4.69) is 26.3 Å². The van der Waals surface area contributed by atoms with Crippen LogP contribution >= 0.6 is 27.3 Å². The largest absolute Gasteiger partial charge is 0.497 e. The van der Waals surface area contributed by atoms with E-state index >= 15 is 0 Å². The average Bonchev–Trinajstić information content (AvgIpc) is 3.54. The predicted octanol–water partition coefficient (Wildman–Crippen LogP) is 6.94. The minimum atomic E-state index is -0.493. The number of carbonyl (C=O) groups is 1. The molecule has 0 aliphatic rings. The quantitative estimate of drug-likeness (QED) is 0.216. The second-order valence-corrected chi connectivity index (χ2v) is 10.9. The highest BCUT2D eigenvalue weighted by Gasteiger charge is 2.25. The Labute approximate surface area is 225 Å². The Morgan fingerprint density at radius 3 is 2.59 bits per heavy atom. The Kier molecular flexibility index (Phi) is 7.25. The van der Waals surface area contributed by atoms with Gasteiger partial charge in [0.2, 0.25) is 0 Å². The van der Waals surface area contributed by atoms with Crippen molar-refractivity contribution < 1.29 is 18.7 Å². The van der Waals surface area contributed by atoms with Gasteiger partial charge in [-0.15, -0.1) is 11.3 Å². The summed E-state index contributed by atoms with van der Waals surface area (Å²) >= 11 is 4.78. The number of nitrogens with one attached hydrogen (secondary N) is 1. The predicted molar refractivity (Wildman–Crippen MR) is 146 cm³/mol. The highest BCUT2D eigenvalue weighted by molar-refractivity contribution is 9.11. The van der Waals surface area contributed by atoms with Gasteiger partial charge >= 0.3 is 0 Å². The number of amides is 1. The summed E-state index contributed by atoms with van der Waals surface area (Å²) in [5.41, 5.74) is 2.49. The number of carbonyl (C=O) groups excluding carboxylic acids is 1. The van der Waals surface area contributed by atoms with E-state index in [-0.39, 0.29) is 17.8 Å². The topological polar surface area (TPSA) is 65.4 Å². The van der Waals surface area contributed by atoms with Gasteiger partial charge in [0, 0.05) is 5.39 Å². The molecule has 3 aromatic carbocycles. The molecule has 2 atom stereocenters. The van der Waals surface area contributed by atoms with Crippen molar-refractivity contribution in [3.63, 3.8) is 0 Å². The zero-order valence-corrected chi connectivity index (χ0v) is 22.4. The van der Waals surface area contributed by atoms with Crippen molar-refractivity contribution in [2.45, 2.75) is 19.1 Å². The van der Waals surface area contributed by atoms with Crippen LogP contribution in [0.15, 0.2) is 88.8 Å². The smallest absolute Gasteiger partial charge is 0.261 e. The normalized spacial score (nSPS) is 12.8. The van der Waals surface area contributed by atoms with Gasteiger partial charge in [0.25, 0.3) is 5.91 Å². The Hall–Kier alpha value is -3.69. The third-order valence-electron chi connectivity index (χ3n) is 5.91. The van der Waals surface area contributed by atoms with Gasteiger partial charge in [-0.1, -0.05) is 12.1 Å². The second kappa shape index (κ2) is 10.7. The van der Waals surface area contributed by atoms with E-state index in [0.717, 1.165) is 25.9 Å². The third kappa shape index (κ3) is 5.52. The summed E-state index contributed by atoms with van der Waals surface area (Å²) in [7, 11) is 1.61. The van der Waals surface area contributed by atoms with Gasteiger partial charge in [-0.25, -0.2) is 9.07 Å². The zero-order valence-electron chi connectivity index (χ0n) is 20.0. The highest BCUT2D eigenvalue weighted by atomic mass is 79.9. The van der Waals surface area contributed by atoms with Crippen molar-refractivity contribution in [1.82, 2.24) is 15.1 Å². The minimum Gasteiger partial charge on any atom is -0.497 e. The fraction of sp³-hybridized carbons (Fsp3) is 0.143. The molecular weight excluding hydrogens is 557 g/mol. The molecule has 1 N–H and O–H groups in total. The molecule has 0 aliphatic heterocycles. The Balaban J connectivity index is 1.44. The first-order valence-corrected chi connectivity index (χ1v) is 13.1. The third-order valence-corrected chi connectivity index (χ3v) is 7.53. The first-order chi connectivity index (χ1) is 17.9. The SMILES string of the molecule is COc1cccc(C(Oc2ccc3c(cnn3-c3ccc(F)cc3)c2)C(C)NC(=O)c2ccc(Br)s2)c1. The van der Waals surface area contributed by atoms with Crippen LogP contribution in [-0.4, -0.2) is 28.8 Å². The summed E-state index contributed by atoms with van der Waals surface area (Å²) in [6.07, 6.45) is 1.25. The van der Waals surface area contributed by atoms with Crippen molar-refractivity contribution in [2.75, 3.05) is 7.11 Å². The number of hydrogen-bond acceptors (Lipinski definition) is 5. The molecule has 2 heterocycles. The molecule has 0 saturated carbocycles. The van der Waals surface area contributed by atoms with Gasteiger partial charge in [0.05, 0.1) is 39.2 Å². The monoisotopic (exact) mass is 579 g/mol. The summed E-state index contributed by atoms with van der Waals surface area (Å²) in [6, 6.07) is 22.7. The molecule has 0 fully saturated rings. The van der Waals surface area contributed by atoms with Crippen LogP contribution in [0.4, 0.5) is 4.39 Å². The van der Waals surface area contributed by atoms with Crippen LogP contribution in [0.1, 0.15) is 28.3 Å². The summed E-state index contributed by atoms with van der Waals surface area (Å²) in [6.45, 7) is 1.91. The summed E-state index contributed by atoms with van der Waals surface area (Å²) < 4.78 is 27.9. The Bertz CT molecular complexity index is 1550. The van der Waals surface area contributed by atoms with Gasteiger partial charge < -0.3 is 14.8 Å². The molecule has 2 unspecified atom stereocenters. The second-order valence-electron chi connectivity index (χ2n) is 8.43. The molecule has 6 nitrogen and oxygen atoms in total. The van der Waals surface area contributed by atoms with E-state index in [1.165, 1.54) is 23.5 Å². The van der Waals surface area contributed by atoms with E-state index in [4.69, 9.17) is 9.47 Å². The van der Waals surface area contributed by atoms with Crippen LogP contribution in [0, 0.1) is 5.82 Å². The Morgan fingerprint density at radius 1 is 1.05 bits per heavy atom. The lowest BCUT2D eigenvalue weighted by atomic mass is 10.0. The lowest BCUT2D eigenvalue weighted by Crippen LogP contribution is -2.39. The standard InChI is InChI=1S/C28H23BrFN3O3S/c1-17(32-28(34)25-12-13-26(29)37-25)27(18-4-3-5-22(14-18)35-2)36-23-10-11-24-19(15-23)16-31-33(24)21-8-6-20(30)7-9-21/h3-17,27H,1-2H3,(H,32,34). The summed E-state index contributed by atoms with van der Waals surface area (Å²) in [5.74, 6) is 0.852. The highest BCUT2D eigenvalue weighted by Crippen LogP contribution is 2.31. The first kappa shape index (κ1) is 25.0. The molecule has 9 heteroatoms. The molecule has 188 valence electrons. The minimum absolute atomic E-state index is 0.171. The zero-order chi connectivity index (χ0) is 25.9. The summed E-state index contributed by atoms with van der Waals surface area (Å²) in [4.78, 5) is 13.5. The molecule has 0 saturated heterocycles. The fourth-order valence-corrected chi connectivity index (χ4v) is 5.38. The lowest BCUT2D eigenvalue weighted by Gasteiger charge is -2.27. The van der Waals surface area contributed by atoms with Crippen LogP contribution in [0.2, 0.25) is 0 Å². The van der Waals surface area contributed by atoms with Gasteiger partial charge in [-0.2, -0.15) is 5.10 Å². The number of thiophene rings is 1. The number of aromatic nitrogens is 2. The van der Waals surface area contributed by atoms with Crippen molar-refractivity contribution >= 4 is 44.1 Å². The molecule has 5 aromatic rings. The molecule has 1 amide bonds. The van der Waals surface area contributed by atoms with Crippen LogP contribution < -0.4 is 14.8 Å². The number of nitrogens with zero attached hydrogens (tertiary/aromatic N) is 2. The van der Waals surface area contributed by atoms with Gasteiger partial charge in [-0.3, -0.25) is 4.79 Å². The number of halogens is 2. The number of fused-ring (bicyclic) bond motifs is 1. The molecule has 0 bridgehead atoms. The number of benzene rings is 3. The number of methoxy groups -OCH3 is 1. The fourth-order valence-electron chi connectivity index (χ4n) is 4.09. The van der Waals surface area contributed by atoms with Gasteiger partial charge in [0.1, 0.15) is 23.4 Å². The van der Waals surface area contributed by atoms with Crippen LogP contribution in [0.3, 0.4) is 0 Å². The maximum atomic E-state index is 13.4. The summed E-state index contributed by atoms with van der Waals surface area (Å²) in [5, 5.41) is 8.41. The number of ether oxygens (including phenoxy) is 2. The van der Waals surface area contributed by atoms with Crippen LogP contribution in [-0.2, 0) is 0 Å². The molecule has 5 rings (SSSR count).